The van der Waals surface area contributed by atoms with Crippen LogP contribution >= 0.6 is 0 Å². The van der Waals surface area contributed by atoms with E-state index in [1.165, 1.54) is 12.1 Å². The number of hydrogen-bond donors (Lipinski definition) is 2. The van der Waals surface area contributed by atoms with Crippen LogP contribution < -0.4 is 10.5 Å². The molecule has 0 aliphatic carbocycles. The zero-order valence-electron chi connectivity index (χ0n) is 11.1. The molecule has 0 unspecified atom stereocenters. The van der Waals surface area contributed by atoms with Crippen molar-refractivity contribution in [1.82, 2.24) is 0 Å². The fraction of sp³-hybridized carbons (Fsp3) is 0.143. The van der Waals surface area contributed by atoms with E-state index in [9.17, 15) is 12.8 Å². The van der Waals surface area contributed by atoms with Crippen LogP contribution in [0.5, 0.6) is 0 Å². The molecule has 0 fully saturated rings. The van der Waals surface area contributed by atoms with Gasteiger partial charge in [0.25, 0.3) is 10.0 Å². The van der Waals surface area contributed by atoms with Gasteiger partial charge in [0.2, 0.25) is 0 Å². The summed E-state index contributed by atoms with van der Waals surface area (Å²) in [6.07, 6.45) is 0. The van der Waals surface area contributed by atoms with E-state index in [4.69, 9.17) is 5.73 Å². The third-order valence-corrected chi connectivity index (χ3v) is 4.41. The summed E-state index contributed by atoms with van der Waals surface area (Å²) in [5.74, 6) is -0.661. The van der Waals surface area contributed by atoms with Crippen LogP contribution in [0.3, 0.4) is 0 Å². The minimum atomic E-state index is -3.75. The Morgan fingerprint density at radius 3 is 2.45 bits per heavy atom. The number of halogens is 1. The van der Waals surface area contributed by atoms with E-state index in [0.29, 0.717) is 5.56 Å². The highest BCUT2D eigenvalue weighted by Gasteiger charge is 2.17. The maximum Gasteiger partial charge on any atom is 0.262 e. The number of rotatable bonds is 3. The van der Waals surface area contributed by atoms with Gasteiger partial charge in [-0.1, -0.05) is 12.1 Å². The van der Waals surface area contributed by atoms with Crippen molar-refractivity contribution in [1.29, 1.82) is 0 Å². The molecule has 0 atom stereocenters. The normalized spacial score (nSPS) is 11.3. The second-order valence-electron chi connectivity index (χ2n) is 4.61. The summed E-state index contributed by atoms with van der Waals surface area (Å²) in [6.45, 7) is 3.51. The van der Waals surface area contributed by atoms with Crippen molar-refractivity contribution >= 4 is 21.4 Å². The van der Waals surface area contributed by atoms with Crippen molar-refractivity contribution in [3.8, 4) is 0 Å². The number of nitrogens with two attached hydrogens (primary N) is 1. The average molecular weight is 294 g/mol. The van der Waals surface area contributed by atoms with Crippen LogP contribution in [-0.4, -0.2) is 8.42 Å². The minimum absolute atomic E-state index is 0.0281. The lowest BCUT2D eigenvalue weighted by Gasteiger charge is -2.11. The Kier molecular flexibility index (Phi) is 3.67. The van der Waals surface area contributed by atoms with Gasteiger partial charge in [-0.2, -0.15) is 0 Å². The van der Waals surface area contributed by atoms with Crippen molar-refractivity contribution in [2.45, 2.75) is 18.7 Å². The zero-order chi connectivity index (χ0) is 14.9. The smallest absolute Gasteiger partial charge is 0.262 e. The first-order valence-corrected chi connectivity index (χ1v) is 7.43. The van der Waals surface area contributed by atoms with Crippen molar-refractivity contribution < 1.29 is 12.8 Å². The van der Waals surface area contributed by atoms with Gasteiger partial charge in [0.15, 0.2) is 0 Å². The number of hydrogen-bond acceptors (Lipinski definition) is 3. The standard InChI is InChI=1S/C14H15FN2O2S/c1-9-3-4-10(2)14(7-9)20(18,19)17-11-5-6-13(16)12(15)8-11/h3-8,17H,16H2,1-2H3. The summed E-state index contributed by atoms with van der Waals surface area (Å²) in [6, 6.07) is 8.92. The number of anilines is 2. The Hall–Kier alpha value is -2.08. The van der Waals surface area contributed by atoms with Crippen molar-refractivity contribution in [2.75, 3.05) is 10.5 Å². The third-order valence-electron chi connectivity index (χ3n) is 2.89. The lowest BCUT2D eigenvalue weighted by Crippen LogP contribution is -2.14. The number of nitrogens with one attached hydrogen (secondary N) is 1. The summed E-state index contributed by atoms with van der Waals surface area (Å²) in [7, 11) is -3.75. The van der Waals surface area contributed by atoms with Gasteiger partial charge in [0.05, 0.1) is 16.3 Å². The highest BCUT2D eigenvalue weighted by atomic mass is 32.2. The molecule has 0 heterocycles. The second-order valence-corrected chi connectivity index (χ2v) is 6.26. The van der Waals surface area contributed by atoms with Crippen molar-refractivity contribution in [3.05, 3.63) is 53.3 Å². The number of benzene rings is 2. The summed E-state index contributed by atoms with van der Waals surface area (Å²) < 4.78 is 40.3. The van der Waals surface area contributed by atoms with Gasteiger partial charge < -0.3 is 5.73 Å². The molecule has 0 saturated heterocycles. The van der Waals surface area contributed by atoms with E-state index in [0.717, 1.165) is 11.6 Å². The summed E-state index contributed by atoms with van der Waals surface area (Å²) >= 11 is 0. The first-order valence-electron chi connectivity index (χ1n) is 5.95. The first-order chi connectivity index (χ1) is 9.29. The fourth-order valence-electron chi connectivity index (χ4n) is 1.80. The Bertz CT molecular complexity index is 758. The van der Waals surface area contributed by atoms with Crippen LogP contribution in [0.2, 0.25) is 0 Å². The van der Waals surface area contributed by atoms with Crippen LogP contribution in [0.4, 0.5) is 15.8 Å². The average Bonchev–Trinajstić information content (AvgIpc) is 2.36. The summed E-state index contributed by atoms with van der Waals surface area (Å²) in [5, 5.41) is 0. The van der Waals surface area contributed by atoms with Crippen LogP contribution in [0, 0.1) is 19.7 Å². The lowest BCUT2D eigenvalue weighted by molar-refractivity contribution is 0.600. The molecule has 0 bridgehead atoms. The fourth-order valence-corrected chi connectivity index (χ4v) is 3.18. The zero-order valence-corrected chi connectivity index (χ0v) is 12.0. The Morgan fingerprint density at radius 1 is 1.10 bits per heavy atom. The van der Waals surface area contributed by atoms with Gasteiger partial charge in [-0.15, -0.1) is 0 Å². The van der Waals surface area contributed by atoms with E-state index in [2.05, 4.69) is 4.72 Å². The van der Waals surface area contributed by atoms with Gasteiger partial charge in [-0.05, 0) is 43.2 Å². The molecule has 0 spiro atoms. The van der Waals surface area contributed by atoms with E-state index in [-0.39, 0.29) is 16.3 Å². The topological polar surface area (TPSA) is 72.2 Å². The Balaban J connectivity index is 2.40. The van der Waals surface area contributed by atoms with Crippen LogP contribution in [-0.2, 0) is 10.0 Å². The van der Waals surface area contributed by atoms with Gasteiger partial charge in [-0.3, -0.25) is 4.72 Å². The van der Waals surface area contributed by atoms with Gasteiger partial charge >= 0.3 is 0 Å². The molecule has 0 aromatic heterocycles. The Morgan fingerprint density at radius 2 is 1.80 bits per heavy atom. The van der Waals surface area contributed by atoms with Gasteiger partial charge in [0.1, 0.15) is 5.82 Å². The van der Waals surface area contributed by atoms with Crippen LogP contribution in [0.15, 0.2) is 41.3 Å². The molecule has 20 heavy (non-hydrogen) atoms. The molecular weight excluding hydrogens is 279 g/mol. The molecule has 0 amide bonds. The van der Waals surface area contributed by atoms with Crippen LogP contribution in [0.1, 0.15) is 11.1 Å². The molecule has 0 saturated carbocycles. The third kappa shape index (κ3) is 2.91. The highest BCUT2D eigenvalue weighted by Crippen LogP contribution is 2.22. The Labute approximate surface area is 117 Å². The van der Waals surface area contributed by atoms with E-state index in [1.54, 1.807) is 26.0 Å². The van der Waals surface area contributed by atoms with E-state index in [1.807, 2.05) is 6.07 Å². The SMILES string of the molecule is Cc1ccc(C)c(S(=O)(=O)Nc2ccc(N)c(F)c2)c1. The lowest BCUT2D eigenvalue weighted by atomic mass is 10.2. The molecule has 3 N–H and O–H groups in total. The largest absolute Gasteiger partial charge is 0.396 e. The van der Waals surface area contributed by atoms with Crippen molar-refractivity contribution in [2.24, 2.45) is 0 Å². The maximum absolute atomic E-state index is 13.3. The highest BCUT2D eigenvalue weighted by molar-refractivity contribution is 7.92. The molecule has 106 valence electrons. The molecule has 6 heteroatoms. The molecule has 2 rings (SSSR count). The molecule has 4 nitrogen and oxygen atoms in total. The predicted molar refractivity (Wildman–Crippen MR) is 77.5 cm³/mol. The second kappa shape index (κ2) is 5.13. The summed E-state index contributed by atoms with van der Waals surface area (Å²) in [4.78, 5) is 0.176. The van der Waals surface area contributed by atoms with E-state index < -0.39 is 15.8 Å². The molecule has 2 aromatic rings. The molecule has 0 radical (unpaired) electrons. The molecule has 0 aliphatic heterocycles. The number of nitrogen functional groups attached to an aromatic ring is 1. The summed E-state index contributed by atoms with van der Waals surface area (Å²) in [5.41, 5.74) is 6.92. The van der Waals surface area contributed by atoms with Gasteiger partial charge in [0, 0.05) is 6.07 Å². The number of sulfonamides is 1. The predicted octanol–water partition coefficient (Wildman–Crippen LogP) is 2.83. The molecule has 0 aliphatic rings. The molecular formula is C14H15FN2O2S. The van der Waals surface area contributed by atoms with Crippen molar-refractivity contribution in [3.63, 3.8) is 0 Å². The van der Waals surface area contributed by atoms with E-state index >= 15 is 0 Å². The van der Waals surface area contributed by atoms with Crippen LogP contribution in [0.25, 0.3) is 0 Å². The monoisotopic (exact) mass is 294 g/mol. The number of aryl methyl sites for hydroxylation is 2. The minimum Gasteiger partial charge on any atom is -0.396 e. The quantitative estimate of drug-likeness (QED) is 0.855. The molecule has 2 aromatic carbocycles. The van der Waals surface area contributed by atoms with Gasteiger partial charge in [-0.25, -0.2) is 12.8 Å². The first kappa shape index (κ1) is 14.3. The maximum atomic E-state index is 13.3.